The molecule has 0 aliphatic carbocycles. The maximum absolute atomic E-state index is 13.5. The molecule has 0 saturated carbocycles. The van der Waals surface area contributed by atoms with E-state index in [4.69, 9.17) is 23.7 Å². The molecule has 0 heterocycles. The molecule has 0 unspecified atom stereocenters. The predicted molar refractivity (Wildman–Crippen MR) is 111 cm³/mol. The van der Waals surface area contributed by atoms with Crippen LogP contribution in [0.1, 0.15) is 55.4 Å². The Morgan fingerprint density at radius 2 is 1.10 bits per heavy atom. The molecule has 9 nitrogen and oxygen atoms in total. The zero-order chi connectivity index (χ0) is 23.3. The monoisotopic (exact) mass is 452 g/mol. The van der Waals surface area contributed by atoms with Gasteiger partial charge in [0.15, 0.2) is 5.31 Å². The van der Waals surface area contributed by atoms with Crippen molar-refractivity contribution in [3.8, 4) is 0 Å². The van der Waals surface area contributed by atoms with Crippen LogP contribution in [0.3, 0.4) is 0 Å². The fourth-order valence-corrected chi connectivity index (χ4v) is 3.42. The Hall–Kier alpha value is -1.25. The highest BCUT2D eigenvalue weighted by atomic mass is 31.2. The fraction of sp³-hybridized carbons (Fsp3) is 0.800. The average Bonchev–Trinajstić information content (AvgIpc) is 2.62. The Morgan fingerprint density at radius 1 is 0.700 bits per heavy atom. The summed E-state index contributed by atoms with van der Waals surface area (Å²) in [7, 11) is -4.21. The van der Waals surface area contributed by atoms with Crippen LogP contribution in [0, 0.1) is 23.7 Å². The van der Waals surface area contributed by atoms with E-state index < -0.39 is 24.8 Å². The third-order valence-corrected chi connectivity index (χ3v) is 4.87. The Kier molecular flexibility index (Phi) is 14.1. The highest BCUT2D eigenvalue weighted by Crippen LogP contribution is 2.57. The van der Waals surface area contributed by atoms with Crippen LogP contribution < -0.4 is 0 Å². The second-order valence-electron chi connectivity index (χ2n) is 8.54. The molecule has 0 bridgehead atoms. The molecule has 30 heavy (non-hydrogen) atoms. The number of carbonyl (C=O) groups excluding carboxylic acids is 2. The Balaban J connectivity index is 5.71. The standard InChI is InChI=1S/C20H37O9P/c1-14(2)10-24-28-19(21)9-18(20(22)29-25-11-15(3)4)30(23,26-12-16(5)6)27-13-17(7)8/h9,14-17H,10-13H2,1-8H3/b18-9+. The summed E-state index contributed by atoms with van der Waals surface area (Å²) in [5.74, 6) is -2.01. The molecule has 10 heteroatoms. The van der Waals surface area contributed by atoms with Gasteiger partial charge in [-0.3, -0.25) is 14.3 Å². The SMILES string of the molecule is CC(C)COOC(=O)/C=C(\C(=O)OOCC(C)C)P(=O)(OCC(C)C)OCC(C)C. The summed E-state index contributed by atoms with van der Waals surface area (Å²) in [6.07, 6.45) is 0.697. The van der Waals surface area contributed by atoms with Crippen molar-refractivity contribution in [1.82, 2.24) is 0 Å². The minimum Gasteiger partial charge on any atom is -0.305 e. The number of rotatable bonds is 15. The molecule has 0 aromatic heterocycles. The van der Waals surface area contributed by atoms with Gasteiger partial charge in [0, 0.05) is 6.08 Å². The smallest absolute Gasteiger partial charge is 0.305 e. The van der Waals surface area contributed by atoms with E-state index in [1.54, 1.807) is 0 Å². The van der Waals surface area contributed by atoms with Crippen LogP contribution in [-0.4, -0.2) is 38.4 Å². The van der Waals surface area contributed by atoms with E-state index in [9.17, 15) is 14.2 Å². The number of hydrogen-bond acceptors (Lipinski definition) is 9. The zero-order valence-electron chi connectivity index (χ0n) is 19.3. The molecule has 0 spiro atoms. The Bertz CT molecular complexity index is 581. The highest BCUT2D eigenvalue weighted by Gasteiger charge is 2.39. The summed E-state index contributed by atoms with van der Waals surface area (Å²) in [6, 6.07) is 0. The topological polar surface area (TPSA) is 107 Å². The van der Waals surface area contributed by atoms with Crippen LogP contribution in [0.4, 0.5) is 0 Å². The van der Waals surface area contributed by atoms with Crippen LogP contribution in [-0.2, 0) is 42.8 Å². The molecule has 0 aromatic carbocycles. The second kappa shape index (κ2) is 14.7. The van der Waals surface area contributed by atoms with E-state index in [0.717, 1.165) is 0 Å². The molecule has 0 aliphatic heterocycles. The molecule has 176 valence electrons. The summed E-state index contributed by atoms with van der Waals surface area (Å²) in [5, 5.41) is -0.620. The molecule has 0 amide bonds. The first-order valence-corrected chi connectivity index (χ1v) is 11.7. The van der Waals surface area contributed by atoms with E-state index in [2.05, 4.69) is 4.89 Å². The lowest BCUT2D eigenvalue weighted by Gasteiger charge is -2.21. The maximum Gasteiger partial charge on any atom is 0.381 e. The summed E-state index contributed by atoms with van der Waals surface area (Å²) in [5.41, 5.74) is 0. The van der Waals surface area contributed by atoms with Crippen LogP contribution in [0.5, 0.6) is 0 Å². The summed E-state index contributed by atoms with van der Waals surface area (Å²) >= 11 is 0. The van der Waals surface area contributed by atoms with Gasteiger partial charge in [0.1, 0.15) is 0 Å². The molecule has 0 saturated heterocycles. The first-order chi connectivity index (χ1) is 13.9. The van der Waals surface area contributed by atoms with Gasteiger partial charge >= 0.3 is 19.5 Å². The molecule has 0 N–H and O–H groups in total. The molecule has 0 aliphatic rings. The Labute approximate surface area is 179 Å². The third-order valence-electron chi connectivity index (χ3n) is 2.99. The van der Waals surface area contributed by atoms with Crippen molar-refractivity contribution in [3.63, 3.8) is 0 Å². The van der Waals surface area contributed by atoms with Gasteiger partial charge in [0.05, 0.1) is 26.4 Å². The van der Waals surface area contributed by atoms with Gasteiger partial charge in [-0.15, -0.1) is 0 Å². The third kappa shape index (κ3) is 13.1. The summed E-state index contributed by atoms with van der Waals surface area (Å²) in [6.45, 7) is 15.2. The van der Waals surface area contributed by atoms with E-state index >= 15 is 0 Å². The lowest BCUT2D eigenvalue weighted by molar-refractivity contribution is -0.274. The fourth-order valence-electron chi connectivity index (χ4n) is 1.55. The first-order valence-electron chi connectivity index (χ1n) is 10.2. The van der Waals surface area contributed by atoms with E-state index in [0.29, 0.717) is 6.08 Å². The van der Waals surface area contributed by atoms with Crippen molar-refractivity contribution < 1.29 is 42.8 Å². The quantitative estimate of drug-likeness (QED) is 0.152. The number of carbonyl (C=O) groups is 2. The summed E-state index contributed by atoms with van der Waals surface area (Å²) < 4.78 is 24.4. The van der Waals surface area contributed by atoms with Crippen LogP contribution >= 0.6 is 7.60 Å². The minimum atomic E-state index is -4.21. The van der Waals surface area contributed by atoms with Crippen LogP contribution in [0.15, 0.2) is 11.4 Å². The van der Waals surface area contributed by atoms with Crippen LogP contribution in [0.2, 0.25) is 0 Å². The molecular weight excluding hydrogens is 415 g/mol. The van der Waals surface area contributed by atoms with Crippen LogP contribution in [0.25, 0.3) is 0 Å². The van der Waals surface area contributed by atoms with Gasteiger partial charge in [-0.25, -0.2) is 9.59 Å². The summed E-state index contributed by atoms with van der Waals surface area (Å²) in [4.78, 5) is 43.8. The first kappa shape index (κ1) is 28.8. The van der Waals surface area contributed by atoms with Gasteiger partial charge in [-0.1, -0.05) is 55.4 Å². The molecule has 0 radical (unpaired) electrons. The predicted octanol–water partition coefficient (Wildman–Crippen LogP) is 4.67. The van der Waals surface area contributed by atoms with Crippen molar-refractivity contribution in [2.45, 2.75) is 55.4 Å². The average molecular weight is 452 g/mol. The zero-order valence-corrected chi connectivity index (χ0v) is 20.2. The van der Waals surface area contributed by atoms with Crippen molar-refractivity contribution >= 4 is 19.5 Å². The maximum atomic E-state index is 13.5. The Morgan fingerprint density at radius 3 is 1.50 bits per heavy atom. The lowest BCUT2D eigenvalue weighted by Crippen LogP contribution is -2.18. The normalized spacial score (nSPS) is 12.9. The lowest BCUT2D eigenvalue weighted by atomic mass is 10.2. The molecular formula is C20H37O9P. The van der Waals surface area contributed by atoms with Gasteiger partial charge in [-0.05, 0) is 23.7 Å². The van der Waals surface area contributed by atoms with E-state index in [1.165, 1.54) is 0 Å². The van der Waals surface area contributed by atoms with Crippen molar-refractivity contribution in [2.75, 3.05) is 26.4 Å². The van der Waals surface area contributed by atoms with Crippen molar-refractivity contribution in [3.05, 3.63) is 11.4 Å². The molecule has 0 rings (SSSR count). The van der Waals surface area contributed by atoms with Gasteiger partial charge in [-0.2, -0.15) is 9.78 Å². The molecule has 0 fully saturated rings. The molecule has 0 atom stereocenters. The van der Waals surface area contributed by atoms with Gasteiger partial charge in [0.2, 0.25) is 0 Å². The van der Waals surface area contributed by atoms with E-state index in [1.807, 2.05) is 55.4 Å². The van der Waals surface area contributed by atoms with Crippen molar-refractivity contribution in [1.29, 1.82) is 0 Å². The van der Waals surface area contributed by atoms with Crippen molar-refractivity contribution in [2.24, 2.45) is 23.7 Å². The minimum absolute atomic E-state index is 0.00300. The van der Waals surface area contributed by atoms with E-state index in [-0.39, 0.29) is 50.1 Å². The molecule has 0 aromatic rings. The van der Waals surface area contributed by atoms with Gasteiger partial charge in [0.25, 0.3) is 0 Å². The highest BCUT2D eigenvalue weighted by molar-refractivity contribution is 7.60. The van der Waals surface area contributed by atoms with Gasteiger partial charge < -0.3 is 9.05 Å². The number of hydrogen-bond donors (Lipinski definition) is 0. The largest absolute Gasteiger partial charge is 0.381 e. The second-order valence-corrected chi connectivity index (χ2v) is 10.5.